The molecule has 0 amide bonds. The molecule has 0 heterocycles. The van der Waals surface area contributed by atoms with Crippen LogP contribution in [0.3, 0.4) is 0 Å². The molecule has 0 aliphatic carbocycles. The van der Waals surface area contributed by atoms with Crippen molar-refractivity contribution in [3.05, 3.63) is 42.5 Å². The molecule has 2 rings (SSSR count). The van der Waals surface area contributed by atoms with Crippen LogP contribution in [-0.2, 0) is 0 Å². The van der Waals surface area contributed by atoms with Crippen molar-refractivity contribution in [1.29, 1.82) is 0 Å². The van der Waals surface area contributed by atoms with Crippen LogP contribution in [0.4, 0.5) is 0 Å². The number of alkyl halides is 1. The van der Waals surface area contributed by atoms with E-state index in [0.717, 1.165) is 11.1 Å². The van der Waals surface area contributed by atoms with E-state index in [2.05, 4.69) is 12.1 Å². The van der Waals surface area contributed by atoms with Crippen LogP contribution in [0.5, 0.6) is 5.75 Å². The van der Waals surface area contributed by atoms with Gasteiger partial charge in [-0.3, -0.25) is 0 Å². The number of hydrogen-bond donors (Lipinski definition) is 0. The number of fused-ring (bicyclic) bond motifs is 1. The van der Waals surface area contributed by atoms with Gasteiger partial charge in [0, 0.05) is 5.39 Å². The van der Waals surface area contributed by atoms with E-state index in [0.29, 0.717) is 0 Å². The third-order valence-electron chi connectivity index (χ3n) is 1.96. The highest BCUT2D eigenvalue weighted by Crippen LogP contribution is 2.24. The number of benzene rings is 2. The Morgan fingerprint density at radius 2 is 1.77 bits per heavy atom. The average Bonchev–Trinajstić information content (AvgIpc) is 2.19. The van der Waals surface area contributed by atoms with Gasteiger partial charge in [-0.15, -0.1) is 0 Å². The minimum absolute atomic E-state index is 0.188. The second-order valence-electron chi connectivity index (χ2n) is 2.73. The Labute approximate surface area is 81.9 Å². The lowest BCUT2D eigenvalue weighted by atomic mass is 10.1. The van der Waals surface area contributed by atoms with Crippen molar-refractivity contribution in [2.45, 2.75) is 0 Å². The summed E-state index contributed by atoms with van der Waals surface area (Å²) in [7, 11) is 0. The Morgan fingerprint density at radius 3 is 2.62 bits per heavy atom. The van der Waals surface area contributed by atoms with Crippen molar-refractivity contribution in [1.82, 2.24) is 0 Å². The fraction of sp³-hybridized carbons (Fsp3) is 0.0909. The summed E-state index contributed by atoms with van der Waals surface area (Å²) in [4.78, 5) is 0. The van der Waals surface area contributed by atoms with Gasteiger partial charge in [-0.25, -0.2) is 0 Å². The van der Waals surface area contributed by atoms with Crippen molar-refractivity contribution in [2.75, 3.05) is 6.07 Å². The first-order chi connectivity index (χ1) is 6.42. The van der Waals surface area contributed by atoms with E-state index in [1.54, 1.807) is 0 Å². The Bertz CT molecular complexity index is 406. The van der Waals surface area contributed by atoms with E-state index < -0.39 is 0 Å². The molecule has 0 unspecified atom stereocenters. The van der Waals surface area contributed by atoms with E-state index in [-0.39, 0.29) is 6.07 Å². The second-order valence-corrected chi connectivity index (χ2v) is 2.95. The highest BCUT2D eigenvalue weighted by atomic mass is 35.5. The van der Waals surface area contributed by atoms with Crippen molar-refractivity contribution in [2.24, 2.45) is 0 Å². The maximum absolute atomic E-state index is 5.51. The van der Waals surface area contributed by atoms with Crippen molar-refractivity contribution < 1.29 is 4.74 Å². The van der Waals surface area contributed by atoms with Gasteiger partial charge >= 0.3 is 0 Å². The Kier molecular flexibility index (Phi) is 2.37. The molecule has 1 nitrogen and oxygen atoms in total. The van der Waals surface area contributed by atoms with E-state index in [1.165, 1.54) is 5.39 Å². The molecule has 2 aromatic carbocycles. The molecule has 0 spiro atoms. The molecule has 13 heavy (non-hydrogen) atoms. The number of hydrogen-bond acceptors (Lipinski definition) is 1. The summed E-state index contributed by atoms with van der Waals surface area (Å²) >= 11 is 5.51. The number of halogens is 1. The summed E-state index contributed by atoms with van der Waals surface area (Å²) in [6.45, 7) is 0. The largest absolute Gasteiger partial charge is 0.477 e. The van der Waals surface area contributed by atoms with Crippen LogP contribution in [0, 0.1) is 0 Å². The molecular weight excluding hydrogens is 184 g/mol. The first-order valence-corrected chi connectivity index (χ1v) is 4.62. The topological polar surface area (TPSA) is 9.23 Å². The molecular formula is C11H9ClO. The minimum atomic E-state index is 0.188. The Hall–Kier alpha value is -1.21. The number of rotatable bonds is 2. The molecule has 0 fully saturated rings. The van der Waals surface area contributed by atoms with Crippen LogP contribution in [-0.4, -0.2) is 6.07 Å². The lowest BCUT2D eigenvalue weighted by molar-refractivity contribution is 0.393. The zero-order valence-electron chi connectivity index (χ0n) is 7.03. The van der Waals surface area contributed by atoms with Gasteiger partial charge in [-0.2, -0.15) is 0 Å². The summed E-state index contributed by atoms with van der Waals surface area (Å²) in [6, 6.07) is 14.2. The maximum Gasteiger partial charge on any atom is 0.162 e. The summed E-state index contributed by atoms with van der Waals surface area (Å²) in [5, 5.41) is 2.27. The molecule has 0 saturated carbocycles. The maximum atomic E-state index is 5.51. The van der Waals surface area contributed by atoms with Crippen LogP contribution in [0.25, 0.3) is 10.8 Å². The molecule has 0 aliphatic rings. The van der Waals surface area contributed by atoms with Crippen LogP contribution in [0.2, 0.25) is 0 Å². The summed E-state index contributed by atoms with van der Waals surface area (Å²) in [6.07, 6.45) is 0. The molecule has 2 aromatic rings. The van der Waals surface area contributed by atoms with Crippen LogP contribution < -0.4 is 4.74 Å². The molecule has 0 aromatic heterocycles. The molecule has 0 bridgehead atoms. The van der Waals surface area contributed by atoms with E-state index in [4.69, 9.17) is 16.3 Å². The lowest BCUT2D eigenvalue weighted by Gasteiger charge is -2.05. The molecule has 66 valence electrons. The third-order valence-corrected chi connectivity index (χ3v) is 2.07. The molecule has 0 radical (unpaired) electrons. The van der Waals surface area contributed by atoms with Gasteiger partial charge in [-0.1, -0.05) is 48.0 Å². The van der Waals surface area contributed by atoms with Gasteiger partial charge in [-0.05, 0) is 11.5 Å². The van der Waals surface area contributed by atoms with E-state index in [9.17, 15) is 0 Å². The highest BCUT2D eigenvalue weighted by molar-refractivity contribution is 6.17. The smallest absolute Gasteiger partial charge is 0.162 e. The highest BCUT2D eigenvalue weighted by Gasteiger charge is 1.98. The van der Waals surface area contributed by atoms with E-state index in [1.807, 2.05) is 30.3 Å². The fourth-order valence-corrected chi connectivity index (χ4v) is 1.50. The van der Waals surface area contributed by atoms with Gasteiger partial charge in [0.15, 0.2) is 6.07 Å². The second kappa shape index (κ2) is 3.67. The fourth-order valence-electron chi connectivity index (χ4n) is 1.38. The standard InChI is InChI=1S/C11H9ClO/c12-8-13-11-7-3-5-9-4-1-2-6-10(9)11/h1-7H,8H2. The quantitative estimate of drug-likeness (QED) is 0.663. The monoisotopic (exact) mass is 192 g/mol. The van der Waals surface area contributed by atoms with E-state index >= 15 is 0 Å². The molecule has 0 N–H and O–H groups in total. The van der Waals surface area contributed by atoms with Gasteiger partial charge in [0.2, 0.25) is 0 Å². The summed E-state index contributed by atoms with van der Waals surface area (Å²) < 4.78 is 5.28. The normalized spacial score (nSPS) is 10.2. The Morgan fingerprint density at radius 1 is 1.00 bits per heavy atom. The van der Waals surface area contributed by atoms with Crippen molar-refractivity contribution in [3.63, 3.8) is 0 Å². The van der Waals surface area contributed by atoms with Crippen LogP contribution in [0.1, 0.15) is 0 Å². The summed E-state index contributed by atoms with van der Waals surface area (Å²) in [5.74, 6) is 0.841. The van der Waals surface area contributed by atoms with Crippen LogP contribution >= 0.6 is 11.6 Å². The Balaban J connectivity index is 2.61. The first-order valence-electron chi connectivity index (χ1n) is 4.08. The van der Waals surface area contributed by atoms with Crippen molar-refractivity contribution >= 4 is 22.4 Å². The molecule has 2 heteroatoms. The zero-order chi connectivity index (χ0) is 9.10. The van der Waals surface area contributed by atoms with Gasteiger partial charge < -0.3 is 4.74 Å². The van der Waals surface area contributed by atoms with Gasteiger partial charge in [0.25, 0.3) is 0 Å². The minimum Gasteiger partial charge on any atom is -0.477 e. The first kappa shape index (κ1) is 8.39. The lowest BCUT2D eigenvalue weighted by Crippen LogP contribution is -1.89. The van der Waals surface area contributed by atoms with Gasteiger partial charge in [0.05, 0.1) is 0 Å². The molecule has 0 aliphatic heterocycles. The van der Waals surface area contributed by atoms with Gasteiger partial charge in [0.1, 0.15) is 5.75 Å². The zero-order valence-corrected chi connectivity index (χ0v) is 7.79. The summed E-state index contributed by atoms with van der Waals surface area (Å²) in [5.41, 5.74) is 0. The molecule has 0 atom stereocenters. The average molecular weight is 193 g/mol. The molecule has 0 saturated heterocycles. The van der Waals surface area contributed by atoms with Crippen LogP contribution in [0.15, 0.2) is 42.5 Å². The van der Waals surface area contributed by atoms with Crippen molar-refractivity contribution in [3.8, 4) is 5.75 Å². The third kappa shape index (κ3) is 1.61. The number of ether oxygens (including phenoxy) is 1. The predicted molar refractivity (Wildman–Crippen MR) is 55.3 cm³/mol. The SMILES string of the molecule is ClCOc1cccc2ccccc12. The predicted octanol–water partition coefficient (Wildman–Crippen LogP) is 3.41.